The summed E-state index contributed by atoms with van der Waals surface area (Å²) in [7, 11) is 0. The number of carbonyl (C=O) groups excluding carboxylic acids is 1. The fourth-order valence-corrected chi connectivity index (χ4v) is 2.14. The average molecular weight is 272 g/mol. The molecular weight excluding hydrogens is 257 g/mol. The zero-order chi connectivity index (χ0) is 13.9. The highest BCUT2D eigenvalue weighted by Crippen LogP contribution is 2.30. The average Bonchev–Trinajstić information content (AvgIpc) is 2.80. The van der Waals surface area contributed by atoms with Crippen LogP contribution in [0.4, 0.5) is 18.9 Å². The van der Waals surface area contributed by atoms with E-state index in [-0.39, 0.29) is 17.5 Å². The van der Waals surface area contributed by atoms with E-state index in [0.717, 1.165) is 31.6 Å². The van der Waals surface area contributed by atoms with Gasteiger partial charge in [-0.25, -0.2) is 0 Å². The van der Waals surface area contributed by atoms with Crippen molar-refractivity contribution in [1.82, 2.24) is 5.32 Å². The van der Waals surface area contributed by atoms with Gasteiger partial charge in [0.15, 0.2) is 0 Å². The Balaban J connectivity index is 1.96. The van der Waals surface area contributed by atoms with E-state index in [9.17, 15) is 18.0 Å². The number of hydrogen-bond acceptors (Lipinski definition) is 2. The number of halogens is 3. The molecule has 1 heterocycles. The van der Waals surface area contributed by atoms with Crippen molar-refractivity contribution >= 4 is 11.6 Å². The summed E-state index contributed by atoms with van der Waals surface area (Å²) in [5.41, 5.74) is -0.571. The SMILES string of the molecule is O=C(CC1CCNC1)Nc1cccc(C(F)(F)F)c1. The molecule has 1 saturated heterocycles. The highest BCUT2D eigenvalue weighted by atomic mass is 19.4. The summed E-state index contributed by atoms with van der Waals surface area (Å²) in [5, 5.41) is 5.66. The van der Waals surface area contributed by atoms with Crippen LogP contribution in [0, 0.1) is 5.92 Å². The van der Waals surface area contributed by atoms with Crippen molar-refractivity contribution in [2.24, 2.45) is 5.92 Å². The van der Waals surface area contributed by atoms with E-state index in [4.69, 9.17) is 0 Å². The summed E-state index contributed by atoms with van der Waals surface area (Å²) in [6.45, 7) is 1.68. The normalized spacial score (nSPS) is 19.4. The van der Waals surface area contributed by atoms with Crippen molar-refractivity contribution < 1.29 is 18.0 Å². The first kappa shape index (κ1) is 13.9. The number of anilines is 1. The maximum absolute atomic E-state index is 12.5. The highest BCUT2D eigenvalue weighted by Gasteiger charge is 2.30. The third-order valence-corrected chi connectivity index (χ3v) is 3.11. The molecule has 1 fully saturated rings. The summed E-state index contributed by atoms with van der Waals surface area (Å²) >= 11 is 0. The molecule has 0 saturated carbocycles. The van der Waals surface area contributed by atoms with Gasteiger partial charge in [0.2, 0.25) is 5.91 Å². The van der Waals surface area contributed by atoms with Gasteiger partial charge in [-0.15, -0.1) is 0 Å². The number of nitrogens with one attached hydrogen (secondary N) is 2. The summed E-state index contributed by atoms with van der Waals surface area (Å²) < 4.78 is 37.5. The standard InChI is InChI=1S/C13H15F3N2O/c14-13(15,16)10-2-1-3-11(7-10)18-12(19)6-9-4-5-17-8-9/h1-3,7,9,17H,4-6,8H2,(H,18,19). The molecule has 19 heavy (non-hydrogen) atoms. The van der Waals surface area contributed by atoms with Crippen LogP contribution in [0.25, 0.3) is 0 Å². The van der Waals surface area contributed by atoms with Crippen LogP contribution in [0.1, 0.15) is 18.4 Å². The Morgan fingerprint density at radius 1 is 1.42 bits per heavy atom. The van der Waals surface area contributed by atoms with Gasteiger partial charge in [-0.05, 0) is 43.6 Å². The quantitative estimate of drug-likeness (QED) is 0.888. The Morgan fingerprint density at radius 2 is 2.21 bits per heavy atom. The van der Waals surface area contributed by atoms with Gasteiger partial charge in [0.25, 0.3) is 0 Å². The molecule has 1 unspecified atom stereocenters. The molecule has 2 rings (SSSR count). The predicted molar refractivity (Wildman–Crippen MR) is 65.7 cm³/mol. The Morgan fingerprint density at radius 3 is 2.84 bits per heavy atom. The number of benzene rings is 1. The van der Waals surface area contributed by atoms with Crippen molar-refractivity contribution in [3.63, 3.8) is 0 Å². The minimum atomic E-state index is -4.39. The maximum atomic E-state index is 12.5. The van der Waals surface area contributed by atoms with E-state index < -0.39 is 11.7 Å². The second-order valence-electron chi connectivity index (χ2n) is 4.69. The molecule has 0 radical (unpaired) electrons. The van der Waals surface area contributed by atoms with Crippen LogP contribution in [-0.4, -0.2) is 19.0 Å². The summed E-state index contributed by atoms with van der Waals surface area (Å²) in [6.07, 6.45) is -3.13. The van der Waals surface area contributed by atoms with Crippen molar-refractivity contribution in [1.29, 1.82) is 0 Å². The lowest BCUT2D eigenvalue weighted by Crippen LogP contribution is -2.18. The molecule has 1 aliphatic heterocycles. The Kier molecular flexibility index (Phi) is 4.09. The van der Waals surface area contributed by atoms with Crippen molar-refractivity contribution in [2.75, 3.05) is 18.4 Å². The lowest BCUT2D eigenvalue weighted by Gasteiger charge is -2.11. The van der Waals surface area contributed by atoms with Gasteiger partial charge in [0, 0.05) is 12.1 Å². The molecular formula is C13H15F3N2O. The first-order valence-electron chi connectivity index (χ1n) is 6.13. The van der Waals surface area contributed by atoms with Crippen LogP contribution >= 0.6 is 0 Å². The minimum absolute atomic E-state index is 0.186. The number of rotatable bonds is 3. The molecule has 0 bridgehead atoms. The second kappa shape index (κ2) is 5.61. The zero-order valence-corrected chi connectivity index (χ0v) is 10.3. The van der Waals surface area contributed by atoms with Crippen LogP contribution < -0.4 is 10.6 Å². The Bertz CT molecular complexity index is 453. The Labute approximate surface area is 109 Å². The van der Waals surface area contributed by atoms with Crippen molar-refractivity contribution in [2.45, 2.75) is 19.0 Å². The number of amides is 1. The molecule has 1 amide bonds. The van der Waals surface area contributed by atoms with E-state index in [1.165, 1.54) is 12.1 Å². The zero-order valence-electron chi connectivity index (χ0n) is 10.3. The van der Waals surface area contributed by atoms with Gasteiger partial charge in [0.1, 0.15) is 0 Å². The molecule has 6 heteroatoms. The van der Waals surface area contributed by atoms with E-state index in [1.807, 2.05) is 0 Å². The van der Waals surface area contributed by atoms with Crippen LogP contribution in [0.5, 0.6) is 0 Å². The van der Waals surface area contributed by atoms with Gasteiger partial charge in [0.05, 0.1) is 5.56 Å². The smallest absolute Gasteiger partial charge is 0.326 e. The molecule has 0 spiro atoms. The molecule has 0 aliphatic carbocycles. The molecule has 0 aromatic heterocycles. The molecule has 104 valence electrons. The van der Waals surface area contributed by atoms with Gasteiger partial charge in [-0.3, -0.25) is 4.79 Å². The van der Waals surface area contributed by atoms with Crippen LogP contribution in [0.3, 0.4) is 0 Å². The third-order valence-electron chi connectivity index (χ3n) is 3.11. The lowest BCUT2D eigenvalue weighted by molar-refractivity contribution is -0.137. The predicted octanol–water partition coefficient (Wildman–Crippen LogP) is 2.64. The summed E-state index contributed by atoms with van der Waals surface area (Å²) in [5.74, 6) is 0.0267. The first-order valence-corrected chi connectivity index (χ1v) is 6.13. The summed E-state index contributed by atoms with van der Waals surface area (Å²) in [6, 6.07) is 4.68. The first-order chi connectivity index (χ1) is 8.95. The van der Waals surface area contributed by atoms with Crippen molar-refractivity contribution in [3.8, 4) is 0 Å². The second-order valence-corrected chi connectivity index (χ2v) is 4.69. The van der Waals surface area contributed by atoms with Gasteiger partial charge < -0.3 is 10.6 Å². The fourth-order valence-electron chi connectivity index (χ4n) is 2.14. The van der Waals surface area contributed by atoms with E-state index in [1.54, 1.807) is 0 Å². The topological polar surface area (TPSA) is 41.1 Å². The van der Waals surface area contributed by atoms with E-state index >= 15 is 0 Å². The highest BCUT2D eigenvalue weighted by molar-refractivity contribution is 5.90. The van der Waals surface area contributed by atoms with E-state index in [2.05, 4.69) is 10.6 Å². The minimum Gasteiger partial charge on any atom is -0.326 e. The number of hydrogen-bond donors (Lipinski definition) is 2. The Hall–Kier alpha value is -1.56. The lowest BCUT2D eigenvalue weighted by atomic mass is 10.0. The molecule has 1 aliphatic rings. The molecule has 1 aromatic rings. The molecule has 1 atom stereocenters. The number of carbonyl (C=O) groups is 1. The van der Waals surface area contributed by atoms with Gasteiger partial charge >= 0.3 is 6.18 Å². The van der Waals surface area contributed by atoms with Gasteiger partial charge in [-0.1, -0.05) is 6.07 Å². The summed E-state index contributed by atoms with van der Waals surface area (Å²) in [4.78, 5) is 11.7. The molecule has 3 nitrogen and oxygen atoms in total. The maximum Gasteiger partial charge on any atom is 0.416 e. The van der Waals surface area contributed by atoms with Crippen LogP contribution in [0.2, 0.25) is 0 Å². The fraction of sp³-hybridized carbons (Fsp3) is 0.462. The monoisotopic (exact) mass is 272 g/mol. The number of alkyl halides is 3. The largest absolute Gasteiger partial charge is 0.416 e. The van der Waals surface area contributed by atoms with E-state index in [0.29, 0.717) is 6.42 Å². The van der Waals surface area contributed by atoms with Gasteiger partial charge in [-0.2, -0.15) is 13.2 Å². The third kappa shape index (κ3) is 3.96. The molecule has 1 aromatic carbocycles. The van der Waals surface area contributed by atoms with Crippen LogP contribution in [-0.2, 0) is 11.0 Å². The van der Waals surface area contributed by atoms with Crippen LogP contribution in [0.15, 0.2) is 24.3 Å². The molecule has 2 N–H and O–H groups in total. The van der Waals surface area contributed by atoms with Crippen molar-refractivity contribution in [3.05, 3.63) is 29.8 Å².